The van der Waals surface area contributed by atoms with Gasteiger partial charge in [0.2, 0.25) is 0 Å². The maximum absolute atomic E-state index is 13.5. The third kappa shape index (κ3) is 8.95. The van der Waals surface area contributed by atoms with Crippen molar-refractivity contribution in [2.45, 2.75) is 88.6 Å². The molecule has 2 aromatic carbocycles. The van der Waals surface area contributed by atoms with Gasteiger partial charge in [-0.2, -0.15) is 0 Å². The minimum atomic E-state index is -4.04. The summed E-state index contributed by atoms with van der Waals surface area (Å²) < 4.78 is 78.3. The number of esters is 2. The molecule has 0 unspecified atom stereocenters. The van der Waals surface area contributed by atoms with Crippen molar-refractivity contribution < 1.29 is 45.4 Å². The normalized spacial score (nSPS) is 18.2. The van der Waals surface area contributed by atoms with Crippen molar-refractivity contribution in [2.24, 2.45) is 11.8 Å². The first-order valence-corrected chi connectivity index (χ1v) is 15.7. The van der Waals surface area contributed by atoms with Crippen LogP contribution >= 0.6 is 11.6 Å². The fraction of sp³-hybridized carbons (Fsp3) is 0.500. The first-order chi connectivity index (χ1) is 19.9. The van der Waals surface area contributed by atoms with Crippen molar-refractivity contribution in [3.63, 3.8) is 0 Å². The quantitative estimate of drug-likeness (QED) is 0.240. The highest BCUT2D eigenvalue weighted by Gasteiger charge is 2.37. The second kappa shape index (κ2) is 13.7. The Hall–Kier alpha value is -3.12. The second-order valence-corrected chi connectivity index (χ2v) is 14.5. The highest BCUT2D eigenvalue weighted by molar-refractivity contribution is 7.92. The number of nitrogens with one attached hydrogen (secondary N) is 1. The van der Waals surface area contributed by atoms with Gasteiger partial charge in [0.25, 0.3) is 5.91 Å². The predicted octanol–water partition coefficient (Wildman–Crippen LogP) is 6.64. The summed E-state index contributed by atoms with van der Waals surface area (Å²) in [5, 5.41) is 1.21. The van der Waals surface area contributed by atoms with Crippen molar-refractivity contribution in [1.29, 1.82) is 0 Å². The topological polar surface area (TPSA) is 116 Å². The van der Waals surface area contributed by atoms with Gasteiger partial charge in [-0.05, 0) is 70.6 Å². The smallest absolute Gasteiger partial charge is 0.310 e. The summed E-state index contributed by atoms with van der Waals surface area (Å²) in [6, 6.07) is 4.72. The van der Waals surface area contributed by atoms with E-state index in [9.17, 15) is 36.0 Å². The molecule has 236 valence electrons. The lowest BCUT2D eigenvalue weighted by molar-refractivity contribution is -0.166. The molecule has 0 spiro atoms. The van der Waals surface area contributed by atoms with Gasteiger partial charge in [0.05, 0.1) is 27.5 Å². The Labute approximate surface area is 254 Å². The zero-order valence-electron chi connectivity index (χ0n) is 24.5. The summed E-state index contributed by atoms with van der Waals surface area (Å²) in [5.41, 5.74) is -1.21. The van der Waals surface area contributed by atoms with Gasteiger partial charge in [0.15, 0.2) is 27.3 Å². The van der Waals surface area contributed by atoms with Gasteiger partial charge in [-0.25, -0.2) is 21.6 Å². The van der Waals surface area contributed by atoms with Crippen LogP contribution in [0.1, 0.15) is 77.1 Å². The molecule has 1 amide bonds. The molecule has 0 aromatic heterocycles. The van der Waals surface area contributed by atoms with Crippen LogP contribution in [0.5, 0.6) is 0 Å². The highest BCUT2D eigenvalue weighted by atomic mass is 35.5. The van der Waals surface area contributed by atoms with E-state index >= 15 is 0 Å². The van der Waals surface area contributed by atoms with Crippen molar-refractivity contribution >= 4 is 45.0 Å². The molecule has 8 nitrogen and oxygen atoms in total. The van der Waals surface area contributed by atoms with E-state index in [1.165, 1.54) is 12.1 Å². The molecule has 1 fully saturated rings. The van der Waals surface area contributed by atoms with E-state index in [4.69, 9.17) is 21.1 Å². The van der Waals surface area contributed by atoms with Crippen molar-refractivity contribution in [1.82, 2.24) is 0 Å². The molecule has 0 radical (unpaired) electrons. The molecule has 2 aromatic rings. The van der Waals surface area contributed by atoms with Crippen LogP contribution in [0.25, 0.3) is 0 Å². The summed E-state index contributed by atoms with van der Waals surface area (Å²) in [6.45, 7) is 8.80. The number of amides is 1. The molecule has 13 heteroatoms. The van der Waals surface area contributed by atoms with E-state index in [1.54, 1.807) is 34.6 Å². The van der Waals surface area contributed by atoms with Crippen LogP contribution in [0.3, 0.4) is 0 Å². The number of rotatable bonds is 9. The average molecular weight is 646 g/mol. The third-order valence-corrected chi connectivity index (χ3v) is 9.74. The van der Waals surface area contributed by atoms with E-state index in [2.05, 4.69) is 5.32 Å². The van der Waals surface area contributed by atoms with E-state index in [0.29, 0.717) is 12.1 Å². The number of ether oxygens (including phenoxy) is 2. The number of anilines is 1. The Morgan fingerprint density at radius 3 is 2.12 bits per heavy atom. The van der Waals surface area contributed by atoms with E-state index < -0.39 is 68.0 Å². The number of hydrogen-bond donors (Lipinski definition) is 1. The van der Waals surface area contributed by atoms with Crippen LogP contribution in [0, 0.1) is 29.3 Å². The fourth-order valence-corrected chi connectivity index (χ4v) is 7.06. The molecule has 1 N–H and O–H groups in total. The van der Waals surface area contributed by atoms with Crippen molar-refractivity contribution in [2.75, 3.05) is 5.32 Å². The Bertz CT molecular complexity index is 1460. The van der Waals surface area contributed by atoms with Gasteiger partial charge < -0.3 is 14.8 Å². The zero-order chi connectivity index (χ0) is 32.3. The summed E-state index contributed by atoms with van der Waals surface area (Å²) in [5.74, 6) is -7.55. The first-order valence-electron chi connectivity index (χ1n) is 13.8. The molecule has 0 aliphatic heterocycles. The van der Waals surface area contributed by atoms with Gasteiger partial charge in [-0.15, -0.1) is 0 Å². The number of carbonyl (C=O) groups excluding carboxylic acids is 3. The van der Waals surface area contributed by atoms with E-state index in [1.807, 2.05) is 0 Å². The predicted molar refractivity (Wildman–Crippen MR) is 154 cm³/mol. The van der Waals surface area contributed by atoms with Crippen LogP contribution in [0.4, 0.5) is 18.9 Å². The Kier molecular flexibility index (Phi) is 10.9. The maximum atomic E-state index is 13.5. The van der Waals surface area contributed by atoms with Crippen molar-refractivity contribution in [3.8, 4) is 0 Å². The number of benzene rings is 2. The molecule has 0 saturated heterocycles. The first kappa shape index (κ1) is 34.4. The minimum absolute atomic E-state index is 0.120. The second-order valence-electron chi connectivity index (χ2n) is 11.9. The zero-order valence-corrected chi connectivity index (χ0v) is 26.1. The summed E-state index contributed by atoms with van der Waals surface area (Å²) in [4.78, 5) is 37.6. The van der Waals surface area contributed by atoms with Crippen LogP contribution in [-0.2, 0) is 28.9 Å². The number of carbonyl (C=O) groups is 3. The molecular formula is C30H35ClF3NO7S. The van der Waals surface area contributed by atoms with Crippen LogP contribution in [-0.4, -0.2) is 43.2 Å². The Balaban J connectivity index is 1.66. The molecule has 0 heterocycles. The molecule has 1 aliphatic carbocycles. The van der Waals surface area contributed by atoms with Crippen LogP contribution in [0.15, 0.2) is 35.2 Å². The molecular weight excluding hydrogens is 611 g/mol. The van der Waals surface area contributed by atoms with Crippen molar-refractivity contribution in [3.05, 3.63) is 58.4 Å². The molecule has 43 heavy (non-hydrogen) atoms. The van der Waals surface area contributed by atoms with Gasteiger partial charge in [-0.3, -0.25) is 14.4 Å². The Morgan fingerprint density at radius 1 is 1.00 bits per heavy atom. The molecule has 1 aliphatic rings. The third-order valence-electron chi connectivity index (χ3n) is 7.00. The summed E-state index contributed by atoms with van der Waals surface area (Å²) >= 11 is 6.21. The van der Waals surface area contributed by atoms with Gasteiger partial charge in [-0.1, -0.05) is 25.4 Å². The average Bonchev–Trinajstić information content (AvgIpc) is 2.89. The lowest BCUT2D eigenvalue weighted by atomic mass is 9.92. The van der Waals surface area contributed by atoms with E-state index in [-0.39, 0.29) is 59.2 Å². The standard InChI is InChI=1S/C30H35ClF3NO7S/c1-16(2)21(15-26(36)42-30(3,4)5)29(38)41-19-7-9-20(10-8-19)43(39,40)25-12-17(6-11-22(25)31)28(37)35-18-13-23(32)27(34)24(33)14-18/h6,11-14,16,19-21H,7-10,15H2,1-5H3,(H,35,37)/t19?,20?,21-/m0/s1. The Morgan fingerprint density at radius 2 is 1.58 bits per heavy atom. The monoisotopic (exact) mass is 645 g/mol. The van der Waals surface area contributed by atoms with Gasteiger partial charge in [0.1, 0.15) is 11.7 Å². The van der Waals surface area contributed by atoms with E-state index in [0.717, 1.165) is 6.07 Å². The number of hydrogen-bond acceptors (Lipinski definition) is 7. The van der Waals surface area contributed by atoms with Gasteiger partial charge in [0, 0.05) is 23.4 Å². The van der Waals surface area contributed by atoms with Crippen LogP contribution < -0.4 is 5.32 Å². The van der Waals surface area contributed by atoms with Gasteiger partial charge >= 0.3 is 11.9 Å². The number of halogens is 4. The maximum Gasteiger partial charge on any atom is 0.310 e. The molecule has 1 atom stereocenters. The summed E-state index contributed by atoms with van der Waals surface area (Å²) in [7, 11) is -4.04. The fourth-order valence-electron chi connectivity index (χ4n) is 4.74. The lowest BCUT2D eigenvalue weighted by Crippen LogP contribution is -2.35. The summed E-state index contributed by atoms with van der Waals surface area (Å²) in [6.07, 6.45) is 0.144. The lowest BCUT2D eigenvalue weighted by Gasteiger charge is -2.30. The minimum Gasteiger partial charge on any atom is -0.462 e. The SMILES string of the molecule is CC(C)[C@H](CC(=O)OC(C)(C)C)C(=O)OC1CCC(S(=O)(=O)c2cc(C(=O)Nc3cc(F)c(F)c(F)c3)ccc2Cl)CC1. The molecule has 3 rings (SSSR count). The largest absolute Gasteiger partial charge is 0.462 e. The van der Waals surface area contributed by atoms with Crippen LogP contribution in [0.2, 0.25) is 5.02 Å². The number of sulfone groups is 1. The highest BCUT2D eigenvalue weighted by Crippen LogP contribution is 2.34. The molecule has 1 saturated carbocycles. The molecule has 0 bridgehead atoms.